The van der Waals surface area contributed by atoms with E-state index < -0.39 is 0 Å². The Morgan fingerprint density at radius 3 is 2.29 bits per heavy atom. The van der Waals surface area contributed by atoms with Gasteiger partial charge in [-0.3, -0.25) is 9.69 Å². The monoisotopic (exact) mass is 475 g/mol. The minimum absolute atomic E-state index is 0.108. The Kier molecular flexibility index (Phi) is 9.40. The van der Waals surface area contributed by atoms with Crippen LogP contribution in [0.2, 0.25) is 0 Å². The standard InChI is InChI=1S/C29H37N3OS/c1-2-3-4-5-6-8-11-24-14-16-25(17-15-24)22-27-28(33)30-29(34-27)32-20-18-31(19-21-32)23-26-12-9-7-10-13-26/h7,9-10,12-17,22H,2-6,8,11,18-21,23H2,1H3/b27-22-. The summed E-state index contributed by atoms with van der Waals surface area (Å²) in [5.41, 5.74) is 3.81. The van der Waals surface area contributed by atoms with Crippen molar-refractivity contribution in [1.82, 2.24) is 9.80 Å². The molecule has 1 amide bonds. The molecular weight excluding hydrogens is 438 g/mol. The van der Waals surface area contributed by atoms with Gasteiger partial charge in [0.2, 0.25) is 0 Å². The summed E-state index contributed by atoms with van der Waals surface area (Å²) in [5, 5.41) is 0.857. The summed E-state index contributed by atoms with van der Waals surface area (Å²) in [6.45, 7) is 7.03. The smallest absolute Gasteiger partial charge is 0.286 e. The number of unbranched alkanes of at least 4 members (excludes halogenated alkanes) is 5. The molecule has 0 bridgehead atoms. The molecule has 2 heterocycles. The third-order valence-corrected chi connectivity index (χ3v) is 7.64. The first-order valence-corrected chi connectivity index (χ1v) is 13.7. The van der Waals surface area contributed by atoms with E-state index in [1.54, 1.807) is 0 Å². The zero-order valence-corrected chi connectivity index (χ0v) is 21.2. The van der Waals surface area contributed by atoms with Crippen LogP contribution in [0.15, 0.2) is 64.5 Å². The molecule has 0 unspecified atom stereocenters. The van der Waals surface area contributed by atoms with Crippen LogP contribution in [0, 0.1) is 0 Å². The molecule has 0 aliphatic carbocycles. The van der Waals surface area contributed by atoms with Gasteiger partial charge in [-0.2, -0.15) is 4.99 Å². The predicted octanol–water partition coefficient (Wildman–Crippen LogP) is 6.38. The molecule has 4 nitrogen and oxygen atoms in total. The number of aliphatic imine (C=N–C) groups is 1. The number of aryl methyl sites for hydroxylation is 1. The summed E-state index contributed by atoms with van der Waals surface area (Å²) < 4.78 is 0. The fourth-order valence-electron chi connectivity index (χ4n) is 4.51. The van der Waals surface area contributed by atoms with E-state index in [1.807, 2.05) is 6.08 Å². The Hall–Kier alpha value is -2.37. The lowest BCUT2D eigenvalue weighted by atomic mass is 10.0. The Morgan fingerprint density at radius 1 is 0.853 bits per heavy atom. The average molecular weight is 476 g/mol. The van der Waals surface area contributed by atoms with Crippen LogP contribution in [0.4, 0.5) is 0 Å². The van der Waals surface area contributed by atoms with Crippen LogP contribution in [0.25, 0.3) is 6.08 Å². The van der Waals surface area contributed by atoms with Crippen molar-refractivity contribution in [3.63, 3.8) is 0 Å². The molecule has 2 aromatic rings. The highest BCUT2D eigenvalue weighted by molar-refractivity contribution is 8.18. The first kappa shape index (κ1) is 24.7. The Balaban J connectivity index is 1.23. The number of thioether (sulfide) groups is 1. The maximum absolute atomic E-state index is 12.5. The second-order valence-corrected chi connectivity index (χ2v) is 10.3. The molecule has 0 atom stereocenters. The summed E-state index contributed by atoms with van der Waals surface area (Å²) in [6.07, 6.45) is 11.1. The lowest BCUT2D eigenvalue weighted by Crippen LogP contribution is -2.47. The molecule has 5 heteroatoms. The van der Waals surface area contributed by atoms with Crippen LogP contribution in [-0.4, -0.2) is 47.1 Å². The predicted molar refractivity (Wildman–Crippen MR) is 145 cm³/mol. The number of carbonyl (C=O) groups excluding carboxylic acids is 1. The largest absolute Gasteiger partial charge is 0.348 e. The van der Waals surface area contributed by atoms with Gasteiger partial charge in [-0.25, -0.2) is 0 Å². The highest BCUT2D eigenvalue weighted by Gasteiger charge is 2.28. The van der Waals surface area contributed by atoms with E-state index in [-0.39, 0.29) is 5.91 Å². The van der Waals surface area contributed by atoms with Gasteiger partial charge >= 0.3 is 0 Å². The van der Waals surface area contributed by atoms with Crippen molar-refractivity contribution in [3.05, 3.63) is 76.2 Å². The molecule has 0 saturated carbocycles. The molecule has 1 saturated heterocycles. The maximum atomic E-state index is 12.5. The number of amidine groups is 1. The van der Waals surface area contributed by atoms with Crippen molar-refractivity contribution >= 4 is 28.9 Å². The molecule has 0 radical (unpaired) electrons. The zero-order chi connectivity index (χ0) is 23.6. The third kappa shape index (κ3) is 7.31. The Labute approximate surface area is 209 Å². The van der Waals surface area contributed by atoms with Crippen LogP contribution >= 0.6 is 11.8 Å². The van der Waals surface area contributed by atoms with E-state index >= 15 is 0 Å². The lowest BCUT2D eigenvalue weighted by Gasteiger charge is -2.35. The van der Waals surface area contributed by atoms with Gasteiger partial charge in [-0.15, -0.1) is 0 Å². The van der Waals surface area contributed by atoms with E-state index in [2.05, 4.69) is 76.3 Å². The molecular formula is C29H37N3OS. The lowest BCUT2D eigenvalue weighted by molar-refractivity contribution is -0.113. The number of amides is 1. The van der Waals surface area contributed by atoms with Gasteiger partial charge in [0.05, 0.1) is 4.91 Å². The van der Waals surface area contributed by atoms with Crippen molar-refractivity contribution in [2.75, 3.05) is 26.2 Å². The SMILES string of the molecule is CCCCCCCCc1ccc(/C=C2\SC(N3CCN(Cc4ccccc4)CC3)=NC2=O)cc1. The highest BCUT2D eigenvalue weighted by Crippen LogP contribution is 2.31. The molecule has 1 fully saturated rings. The fourth-order valence-corrected chi connectivity index (χ4v) is 5.48. The topological polar surface area (TPSA) is 35.9 Å². The van der Waals surface area contributed by atoms with Crippen molar-refractivity contribution in [1.29, 1.82) is 0 Å². The van der Waals surface area contributed by atoms with E-state index in [0.29, 0.717) is 0 Å². The minimum Gasteiger partial charge on any atom is -0.348 e. The van der Waals surface area contributed by atoms with E-state index in [0.717, 1.165) is 54.8 Å². The van der Waals surface area contributed by atoms with Crippen LogP contribution < -0.4 is 0 Å². The summed E-state index contributed by atoms with van der Waals surface area (Å²) in [6, 6.07) is 19.3. The van der Waals surface area contributed by atoms with Crippen LogP contribution in [-0.2, 0) is 17.8 Å². The van der Waals surface area contributed by atoms with Gasteiger partial charge < -0.3 is 4.90 Å². The van der Waals surface area contributed by atoms with Gasteiger partial charge in [0, 0.05) is 32.7 Å². The first-order chi connectivity index (χ1) is 16.7. The van der Waals surface area contributed by atoms with Gasteiger partial charge in [0.1, 0.15) is 0 Å². The molecule has 2 aromatic carbocycles. The van der Waals surface area contributed by atoms with E-state index in [4.69, 9.17) is 0 Å². The summed E-state index contributed by atoms with van der Waals surface area (Å²) >= 11 is 1.52. The number of hydrogen-bond acceptors (Lipinski definition) is 4. The van der Waals surface area contributed by atoms with E-state index in [9.17, 15) is 4.79 Å². The van der Waals surface area contributed by atoms with Crippen molar-refractivity contribution in [2.45, 2.75) is 58.4 Å². The number of rotatable bonds is 10. The second kappa shape index (κ2) is 12.9. The number of carbonyl (C=O) groups is 1. The first-order valence-electron chi connectivity index (χ1n) is 12.8. The summed E-state index contributed by atoms with van der Waals surface area (Å²) in [7, 11) is 0. The molecule has 0 N–H and O–H groups in total. The Morgan fingerprint density at radius 2 is 1.56 bits per heavy atom. The summed E-state index contributed by atoms with van der Waals surface area (Å²) in [5.74, 6) is -0.108. The number of benzene rings is 2. The normalized spacial score (nSPS) is 18.0. The van der Waals surface area contributed by atoms with Gasteiger partial charge in [0.15, 0.2) is 5.17 Å². The molecule has 0 aromatic heterocycles. The van der Waals surface area contributed by atoms with Crippen LogP contribution in [0.1, 0.15) is 62.1 Å². The van der Waals surface area contributed by atoms with Crippen molar-refractivity contribution in [3.8, 4) is 0 Å². The van der Waals surface area contributed by atoms with E-state index in [1.165, 1.54) is 61.4 Å². The zero-order valence-electron chi connectivity index (χ0n) is 20.4. The molecule has 34 heavy (non-hydrogen) atoms. The van der Waals surface area contributed by atoms with Crippen LogP contribution in [0.3, 0.4) is 0 Å². The van der Waals surface area contributed by atoms with Gasteiger partial charge in [-0.1, -0.05) is 93.6 Å². The second-order valence-electron chi connectivity index (χ2n) is 9.32. The number of nitrogens with zero attached hydrogens (tertiary/aromatic N) is 3. The maximum Gasteiger partial charge on any atom is 0.286 e. The fraction of sp³-hybridized carbons (Fsp3) is 0.448. The van der Waals surface area contributed by atoms with Crippen molar-refractivity contribution < 1.29 is 4.79 Å². The molecule has 0 spiro atoms. The third-order valence-electron chi connectivity index (χ3n) is 6.60. The molecule has 2 aliphatic heterocycles. The summed E-state index contributed by atoms with van der Waals surface area (Å²) in [4.78, 5) is 22.4. The van der Waals surface area contributed by atoms with Crippen LogP contribution in [0.5, 0.6) is 0 Å². The van der Waals surface area contributed by atoms with Crippen molar-refractivity contribution in [2.24, 2.45) is 4.99 Å². The number of hydrogen-bond donors (Lipinski definition) is 0. The average Bonchev–Trinajstić information content (AvgIpc) is 3.23. The van der Waals surface area contributed by atoms with Gasteiger partial charge in [0.25, 0.3) is 5.91 Å². The Bertz CT molecular complexity index is 976. The number of piperazine rings is 1. The molecule has 2 aliphatic rings. The highest BCUT2D eigenvalue weighted by atomic mass is 32.2. The quantitative estimate of drug-likeness (QED) is 0.295. The molecule has 4 rings (SSSR count). The minimum atomic E-state index is -0.108. The van der Waals surface area contributed by atoms with Gasteiger partial charge in [-0.05, 0) is 47.4 Å². The molecule has 180 valence electrons.